The highest BCUT2D eigenvalue weighted by Gasteiger charge is 2.47. The van der Waals surface area contributed by atoms with E-state index in [-0.39, 0.29) is 108 Å². The highest BCUT2D eigenvalue weighted by molar-refractivity contribution is 8.00. The van der Waals surface area contributed by atoms with E-state index in [9.17, 15) is 58.5 Å². The number of carbonyl (C=O) groups is 17. The largest absolute Gasteiger partial charge is 0.508 e. The predicted molar refractivity (Wildman–Crippen MR) is 494 cm³/mol. The number of carbonyl (C=O) groups excluding carboxylic acids is 17. The molecule has 3 aromatic carbocycles. The molecule has 17 amide bonds. The third-order valence-corrected chi connectivity index (χ3v) is 25.4. The summed E-state index contributed by atoms with van der Waals surface area (Å²) in [5.74, 6) is -17.7. The third-order valence-electron chi connectivity index (χ3n) is 24.4. The maximum atomic E-state index is 15.7. The van der Waals surface area contributed by atoms with Crippen LogP contribution in [0.2, 0.25) is 0 Å². The fourth-order valence-corrected chi connectivity index (χ4v) is 18.1. The molecule has 0 unspecified atom stereocenters. The van der Waals surface area contributed by atoms with Gasteiger partial charge in [0.1, 0.15) is 90.3 Å². The van der Waals surface area contributed by atoms with Crippen LogP contribution in [0.4, 0.5) is 0 Å². The average molecular weight is 1890 g/mol. The number of piperidine rings is 1. The number of aliphatic hydroxyl groups excluding tert-OH is 2. The van der Waals surface area contributed by atoms with Gasteiger partial charge in [-0.3, -0.25) is 86.9 Å². The van der Waals surface area contributed by atoms with Gasteiger partial charge in [-0.1, -0.05) is 102 Å². The summed E-state index contributed by atoms with van der Waals surface area (Å²) in [6.07, 6.45) is 2.11. The number of para-hydroxylation sites is 2. The van der Waals surface area contributed by atoms with Crippen LogP contribution < -0.4 is 81.4 Å². The Morgan fingerprint density at radius 3 is 1.63 bits per heavy atom. The molecule has 44 heteroatoms. The molecule has 4 aliphatic rings. The van der Waals surface area contributed by atoms with Crippen molar-refractivity contribution in [3.05, 3.63) is 102 Å². The van der Waals surface area contributed by atoms with Crippen LogP contribution in [0.3, 0.4) is 0 Å². The van der Waals surface area contributed by atoms with Gasteiger partial charge in [-0.2, -0.15) is 0 Å². The van der Waals surface area contributed by atoms with E-state index >= 15 is 38.4 Å². The molecule has 4 fully saturated rings. The zero-order valence-corrected chi connectivity index (χ0v) is 77.2. The molecule has 4 aliphatic heterocycles. The average Bonchev–Trinajstić information content (AvgIpc) is 1.70. The first-order chi connectivity index (χ1) is 63.9. The summed E-state index contributed by atoms with van der Waals surface area (Å²) in [7, 11) is 2.69. The number of amides is 17. The topological polar surface area (TPSA) is 659 Å². The Labute approximate surface area is 779 Å². The third kappa shape index (κ3) is 28.8. The number of thioether (sulfide) groups is 1. The van der Waals surface area contributed by atoms with Gasteiger partial charge in [-0.15, -0.1) is 11.8 Å². The number of guanidine groups is 1. The Morgan fingerprint density at radius 1 is 0.522 bits per heavy atom. The Kier molecular flexibility index (Phi) is 39.2. The lowest BCUT2D eigenvalue weighted by Crippen LogP contribution is -2.62. The molecular weight excluding hydrogens is 1760 g/mol. The normalized spacial score (nSPS) is 25.4. The molecule has 730 valence electrons. The smallest absolute Gasteiger partial charge is 0.246 e. The lowest BCUT2D eigenvalue weighted by molar-refractivity contribution is -0.149. The number of unbranched alkanes of at least 4 members (excludes halogenated alkanes) is 2. The Morgan fingerprint density at radius 2 is 1.03 bits per heavy atom. The monoisotopic (exact) mass is 1880 g/mol. The SMILES string of the molecule is CCCC[C@H]1C(=O)N(C)[C@@H](CCCC)C(=O)N[C@@H](CCCNC(=N)N)C(=O)N[C@H](C(=O)NCC(N)=O)CSCC(=O)N[C@@H](Cc2ccc(O)cc2)C(=O)N2CCCC[C@H]2C(=O)N[C@@H](CC(N)=O)C(=O)N2CCC[C@H]2C(=O)N[C@@H](CN)C(=O)N[C@@H](CC(C)C)C(=O)N2C[C@H](O)C[C@H]2C(=O)N[C@@H](Cc2c[nH]c3ccccc23)C(=O)N[C@@H](CO)C(=O)N[C@@H](Cc2c[nH]c3ccccc23)C(=O)N1C. The highest BCUT2D eigenvalue weighted by Crippen LogP contribution is 2.29. The second kappa shape index (κ2) is 50.2. The molecule has 6 heterocycles. The number of benzene rings is 3. The molecule has 9 rings (SSSR count). The molecule has 0 aliphatic carbocycles. The van der Waals surface area contributed by atoms with Crippen LogP contribution in [0.1, 0.15) is 147 Å². The molecule has 25 N–H and O–H groups in total. The first-order valence-electron chi connectivity index (χ1n) is 45.5. The van der Waals surface area contributed by atoms with Crippen LogP contribution in [0.5, 0.6) is 5.75 Å². The van der Waals surface area contributed by atoms with E-state index in [1.807, 2.05) is 13.8 Å². The minimum Gasteiger partial charge on any atom is -0.508 e. The molecule has 43 nitrogen and oxygen atoms in total. The fraction of sp³-hybridized carbons (Fsp3) is 0.556. The first kappa shape index (κ1) is 105. The van der Waals surface area contributed by atoms with Crippen molar-refractivity contribution < 1.29 is 96.8 Å². The number of H-pyrrole nitrogens is 2. The van der Waals surface area contributed by atoms with Crippen molar-refractivity contribution in [2.75, 3.05) is 71.5 Å². The van der Waals surface area contributed by atoms with E-state index in [0.29, 0.717) is 77.0 Å². The zero-order chi connectivity index (χ0) is 97.7. The molecule has 0 saturated carbocycles. The highest BCUT2D eigenvalue weighted by atomic mass is 32.2. The number of hydrogen-bond donors (Lipinski definition) is 21. The molecule has 0 bridgehead atoms. The number of phenols is 1. The van der Waals surface area contributed by atoms with Crippen LogP contribution in [0, 0.1) is 11.3 Å². The number of fused-ring (bicyclic) bond motifs is 5. The number of nitrogens with two attached hydrogens (primary N) is 4. The summed E-state index contributed by atoms with van der Waals surface area (Å²) in [5, 5.41) is 71.0. The van der Waals surface area contributed by atoms with Crippen LogP contribution >= 0.6 is 11.8 Å². The summed E-state index contributed by atoms with van der Waals surface area (Å²) in [6.45, 7) is 4.10. The molecule has 0 spiro atoms. The fourth-order valence-electron chi connectivity index (χ4n) is 17.2. The maximum Gasteiger partial charge on any atom is 0.246 e. The van der Waals surface area contributed by atoms with Crippen LogP contribution in [-0.2, 0) is 101 Å². The minimum absolute atomic E-state index is 0.00166. The number of aromatic amines is 2. The molecule has 4 saturated heterocycles. The molecule has 134 heavy (non-hydrogen) atoms. The van der Waals surface area contributed by atoms with Gasteiger partial charge in [0, 0.05) is 112 Å². The summed E-state index contributed by atoms with van der Waals surface area (Å²) >= 11 is 0.780. The summed E-state index contributed by atoms with van der Waals surface area (Å²) in [6, 6.07) is -1.91. The Balaban J connectivity index is 1.09. The number of likely N-dealkylation sites (N-methyl/N-ethyl adjacent to an activating group) is 2. The lowest BCUT2D eigenvalue weighted by atomic mass is 9.97. The number of aromatic hydroxyl groups is 1. The van der Waals surface area contributed by atoms with Crippen LogP contribution in [0.25, 0.3) is 21.8 Å². The van der Waals surface area contributed by atoms with Crippen molar-refractivity contribution >= 4 is 140 Å². The van der Waals surface area contributed by atoms with Gasteiger partial charge >= 0.3 is 0 Å². The predicted octanol–water partition coefficient (Wildman–Crippen LogP) is -3.40. The molecule has 5 aromatic rings. The van der Waals surface area contributed by atoms with Gasteiger partial charge in [0.15, 0.2) is 5.96 Å². The van der Waals surface area contributed by atoms with Crippen molar-refractivity contribution in [2.45, 2.75) is 240 Å². The number of nitrogens with zero attached hydrogens (tertiary/aromatic N) is 5. The van der Waals surface area contributed by atoms with Gasteiger partial charge in [-0.25, -0.2) is 0 Å². The van der Waals surface area contributed by atoms with E-state index in [0.717, 1.165) is 31.4 Å². The quantitative estimate of drug-likeness (QED) is 0.0154. The van der Waals surface area contributed by atoms with Gasteiger partial charge in [0.05, 0.1) is 31.4 Å². The van der Waals surface area contributed by atoms with Gasteiger partial charge < -0.3 is 131 Å². The number of phenolic OH excluding ortho intramolecular Hbond substituents is 1. The van der Waals surface area contributed by atoms with Gasteiger partial charge in [0.25, 0.3) is 0 Å². The summed E-state index contributed by atoms with van der Waals surface area (Å²) in [5.41, 5.74) is 25.7. The van der Waals surface area contributed by atoms with E-state index < -0.39 is 241 Å². The van der Waals surface area contributed by atoms with Gasteiger partial charge in [-0.05, 0) is 111 Å². The lowest BCUT2D eigenvalue weighted by Gasteiger charge is -2.38. The maximum absolute atomic E-state index is 15.7. The van der Waals surface area contributed by atoms with Crippen molar-refractivity contribution in [1.82, 2.24) is 93.0 Å². The Hall–Kier alpha value is -13.0. The first-order valence-corrected chi connectivity index (χ1v) is 46.6. The standard InChI is InChI=1S/C90H129N23O20S/c1-7-9-24-68-81(125)101-59(23-17-32-96-90(94)95)77(121)108-67(76(120)99-44-74(93)118)47-134-48-75(119)100-62(36-50-28-30-53(115)31-29-50)86(130)111-33-16-15-26-69(111)82(126)105-64(40-73(92)117)87(131)112-34-18-27-70(112)83(127)106-65(41-91)79(123)103-61(35-49(3)4)88(132)113-45-54(116)39-72(113)84(128)102-60(37-51-42-97-57-21-13-11-19-55(51)57)78(122)107-66(46-114)80(124)104-63(38-52-43-98-58-22-14-12-20-56(52)58)85(129)110(6)71(25-10-8-2)89(133)109(68)5/h11-14,19-22,28-31,42-43,49,54,59-72,97-98,114-116H,7-10,15-18,23-27,32-41,44-48,91H2,1-6H3,(H2,92,117)(H2,93,118)(H,99,120)(H,100,119)(H,101,125)(H,102,128)(H,103,123)(H,104,124)(H,105,126)(H,106,127)(H,107,122)(H,108,121)(H4,94,95,96)/t54-,59+,60+,61+,62+,63+,64+,65+,66+,67+,68+,69+,70+,71+,72+/m1/s1. The number of rotatable bonds is 25. The van der Waals surface area contributed by atoms with Crippen LogP contribution in [0.15, 0.2) is 85.2 Å². The molecule has 0 radical (unpaired) electrons. The second-order valence-corrected chi connectivity index (χ2v) is 35.9. The number of hydrogen-bond acceptors (Lipinski definition) is 23. The molecule has 15 atom stereocenters. The minimum atomic E-state index is -1.89. The van der Waals surface area contributed by atoms with Crippen molar-refractivity contribution in [2.24, 2.45) is 28.9 Å². The van der Waals surface area contributed by atoms with Crippen molar-refractivity contribution in [3.8, 4) is 5.75 Å². The summed E-state index contributed by atoms with van der Waals surface area (Å²) < 4.78 is 0. The zero-order valence-electron chi connectivity index (χ0n) is 76.4. The number of primary amides is 2. The Bertz CT molecular complexity index is 5030. The molecular formula is C90H129N23O20S. The van der Waals surface area contributed by atoms with E-state index in [4.69, 9.17) is 28.3 Å². The number of aromatic nitrogens is 2. The number of aliphatic hydroxyl groups is 2. The second-order valence-electron chi connectivity index (χ2n) is 34.9. The van der Waals surface area contributed by atoms with E-state index in [1.54, 1.807) is 74.8 Å². The van der Waals surface area contributed by atoms with Crippen LogP contribution in [-0.4, -0.2) is 318 Å². The number of nitrogens with one attached hydrogen (secondary N) is 14. The van der Waals surface area contributed by atoms with E-state index in [1.165, 1.54) is 43.3 Å². The van der Waals surface area contributed by atoms with Gasteiger partial charge in [0.2, 0.25) is 100 Å². The molecule has 2 aromatic heterocycles. The van der Waals surface area contributed by atoms with E-state index in [2.05, 4.69) is 68.5 Å². The van der Waals surface area contributed by atoms with Crippen molar-refractivity contribution in [1.29, 1.82) is 5.41 Å². The van der Waals surface area contributed by atoms with Crippen molar-refractivity contribution in [3.63, 3.8) is 0 Å². The summed E-state index contributed by atoms with van der Waals surface area (Å²) in [4.78, 5) is 262.